The van der Waals surface area contributed by atoms with Crippen LogP contribution in [-0.4, -0.2) is 103 Å². The van der Waals surface area contributed by atoms with Gasteiger partial charge in [-0.05, 0) is 14.1 Å². The highest BCUT2D eigenvalue weighted by Crippen LogP contribution is 2.02. The predicted octanol–water partition coefficient (Wildman–Crippen LogP) is -1.68. The van der Waals surface area contributed by atoms with E-state index >= 15 is 0 Å². The molecule has 0 aliphatic carbocycles. The second-order valence-corrected chi connectivity index (χ2v) is 5.17. The highest BCUT2D eigenvalue weighted by Gasteiger charge is 2.22. The molecular weight excluding hydrogens is 264 g/mol. The Bertz CT molecular complexity index is 329. The van der Waals surface area contributed by atoms with Crippen LogP contribution < -0.4 is 5.32 Å². The van der Waals surface area contributed by atoms with Crippen molar-refractivity contribution in [2.45, 2.75) is 6.10 Å². The molecule has 8 heteroatoms. The van der Waals surface area contributed by atoms with Crippen LogP contribution in [0.1, 0.15) is 0 Å². The second kappa shape index (κ2) is 8.03. The summed E-state index contributed by atoms with van der Waals surface area (Å²) in [6, 6.07) is -0.322. The number of carbonyl (C=O) groups excluding carboxylic acids is 1. The third-order valence-corrected chi connectivity index (χ3v) is 3.25. The third kappa shape index (κ3) is 5.72. The van der Waals surface area contributed by atoms with Crippen molar-refractivity contribution in [2.75, 3.05) is 59.9 Å². The predicted molar refractivity (Wildman–Crippen MR) is 73.6 cm³/mol. The number of carboxylic acids is 1. The number of nitrogens with zero attached hydrogens (tertiary/aromatic N) is 3. The van der Waals surface area contributed by atoms with Crippen molar-refractivity contribution in [1.82, 2.24) is 20.0 Å². The lowest BCUT2D eigenvalue weighted by molar-refractivity contribution is -0.146. The van der Waals surface area contributed by atoms with Gasteiger partial charge in [0.2, 0.25) is 0 Å². The van der Waals surface area contributed by atoms with Gasteiger partial charge in [0, 0.05) is 39.3 Å². The van der Waals surface area contributed by atoms with Crippen molar-refractivity contribution in [3.8, 4) is 0 Å². The van der Waals surface area contributed by atoms with E-state index in [0.717, 1.165) is 26.2 Å². The Morgan fingerprint density at radius 2 is 1.85 bits per heavy atom. The summed E-state index contributed by atoms with van der Waals surface area (Å²) in [5, 5.41) is 20.0. The number of hydrogen-bond acceptors (Lipinski definition) is 5. The standard InChI is InChI=1S/C12H24N4O4/c1-14(2)3-4-15-5-7-16(8-6-15)12(20)13-9-10(17)11(18)19/h10,17H,3-9H2,1-2H3,(H,13,20)(H,18,19)/t10-/m0/s1. The number of urea groups is 1. The summed E-state index contributed by atoms with van der Waals surface area (Å²) in [4.78, 5) is 28.3. The molecule has 1 rings (SSSR count). The molecular formula is C12H24N4O4. The summed E-state index contributed by atoms with van der Waals surface area (Å²) >= 11 is 0. The Kier molecular flexibility index (Phi) is 6.69. The molecule has 1 saturated heterocycles. The molecule has 20 heavy (non-hydrogen) atoms. The summed E-state index contributed by atoms with van der Waals surface area (Å²) in [5.41, 5.74) is 0. The number of rotatable bonds is 6. The molecule has 1 aliphatic heterocycles. The minimum atomic E-state index is -1.56. The lowest BCUT2D eigenvalue weighted by atomic mass is 10.3. The number of carboxylic acid groups (broad SMARTS) is 1. The summed E-state index contributed by atoms with van der Waals surface area (Å²) in [7, 11) is 4.05. The van der Waals surface area contributed by atoms with Crippen LogP contribution in [0.15, 0.2) is 0 Å². The molecule has 0 spiro atoms. The Morgan fingerprint density at radius 3 is 2.35 bits per heavy atom. The van der Waals surface area contributed by atoms with Crippen molar-refractivity contribution in [2.24, 2.45) is 0 Å². The molecule has 2 amide bonds. The summed E-state index contributed by atoms with van der Waals surface area (Å²) in [6.45, 7) is 4.53. The number of amides is 2. The molecule has 1 heterocycles. The van der Waals surface area contributed by atoms with E-state index in [-0.39, 0.29) is 12.6 Å². The number of aliphatic carboxylic acids is 1. The van der Waals surface area contributed by atoms with Gasteiger partial charge in [-0.3, -0.25) is 4.90 Å². The average molecular weight is 288 g/mol. The quantitative estimate of drug-likeness (QED) is 0.540. The first-order chi connectivity index (χ1) is 9.40. The van der Waals surface area contributed by atoms with Crippen molar-refractivity contribution < 1.29 is 19.8 Å². The zero-order chi connectivity index (χ0) is 15.1. The molecule has 8 nitrogen and oxygen atoms in total. The zero-order valence-corrected chi connectivity index (χ0v) is 12.1. The molecule has 0 radical (unpaired) electrons. The molecule has 0 saturated carbocycles. The Morgan fingerprint density at radius 1 is 1.25 bits per heavy atom. The van der Waals surface area contributed by atoms with Crippen LogP contribution in [0.4, 0.5) is 4.79 Å². The second-order valence-electron chi connectivity index (χ2n) is 5.17. The van der Waals surface area contributed by atoms with Crippen molar-refractivity contribution in [1.29, 1.82) is 0 Å². The molecule has 1 atom stereocenters. The third-order valence-electron chi connectivity index (χ3n) is 3.25. The van der Waals surface area contributed by atoms with Gasteiger partial charge in [-0.25, -0.2) is 9.59 Å². The van der Waals surface area contributed by atoms with Crippen LogP contribution in [0.5, 0.6) is 0 Å². The fourth-order valence-electron chi connectivity index (χ4n) is 1.90. The van der Waals surface area contributed by atoms with Crippen LogP contribution in [0.25, 0.3) is 0 Å². The maximum atomic E-state index is 11.8. The van der Waals surface area contributed by atoms with Crippen LogP contribution in [0.2, 0.25) is 0 Å². The number of aliphatic hydroxyl groups excluding tert-OH is 1. The van der Waals surface area contributed by atoms with E-state index in [2.05, 4.69) is 15.1 Å². The first kappa shape index (κ1) is 16.7. The first-order valence-corrected chi connectivity index (χ1v) is 6.71. The van der Waals surface area contributed by atoms with E-state index in [1.54, 1.807) is 4.90 Å². The average Bonchev–Trinajstić information content (AvgIpc) is 2.42. The summed E-state index contributed by atoms with van der Waals surface area (Å²) < 4.78 is 0. The van der Waals surface area contributed by atoms with Gasteiger partial charge in [-0.1, -0.05) is 0 Å². The molecule has 116 valence electrons. The first-order valence-electron chi connectivity index (χ1n) is 6.71. The van der Waals surface area contributed by atoms with Gasteiger partial charge in [-0.2, -0.15) is 0 Å². The maximum Gasteiger partial charge on any atom is 0.334 e. The van der Waals surface area contributed by atoms with E-state index in [0.29, 0.717) is 13.1 Å². The monoisotopic (exact) mass is 288 g/mol. The fraction of sp³-hybridized carbons (Fsp3) is 0.833. The summed E-state index contributed by atoms with van der Waals surface area (Å²) in [5.74, 6) is -1.33. The molecule has 0 unspecified atom stereocenters. The van der Waals surface area contributed by atoms with Gasteiger partial charge in [0.15, 0.2) is 6.10 Å². The minimum absolute atomic E-state index is 0.269. The van der Waals surface area contributed by atoms with E-state index in [1.807, 2.05) is 14.1 Å². The number of likely N-dealkylation sites (N-methyl/N-ethyl adjacent to an activating group) is 1. The van der Waals surface area contributed by atoms with Crippen LogP contribution in [0.3, 0.4) is 0 Å². The molecule has 0 bridgehead atoms. The Hall–Kier alpha value is -1.38. The number of nitrogens with one attached hydrogen (secondary N) is 1. The van der Waals surface area contributed by atoms with Gasteiger partial charge in [0.1, 0.15) is 0 Å². The number of hydrogen-bond donors (Lipinski definition) is 3. The number of piperazine rings is 1. The van der Waals surface area contributed by atoms with E-state index in [9.17, 15) is 9.59 Å². The molecule has 1 aliphatic rings. The number of carbonyl (C=O) groups is 2. The molecule has 0 aromatic heterocycles. The SMILES string of the molecule is CN(C)CCN1CCN(C(=O)NC[C@H](O)C(=O)O)CC1. The zero-order valence-electron chi connectivity index (χ0n) is 12.1. The van der Waals surface area contributed by atoms with E-state index < -0.39 is 12.1 Å². The molecule has 1 fully saturated rings. The van der Waals surface area contributed by atoms with Gasteiger partial charge in [-0.15, -0.1) is 0 Å². The topological polar surface area (TPSA) is 96.4 Å². The van der Waals surface area contributed by atoms with E-state index in [1.165, 1.54) is 0 Å². The van der Waals surface area contributed by atoms with Gasteiger partial charge in [0.25, 0.3) is 0 Å². The van der Waals surface area contributed by atoms with E-state index in [4.69, 9.17) is 10.2 Å². The minimum Gasteiger partial charge on any atom is -0.479 e. The molecule has 0 aromatic carbocycles. The van der Waals surface area contributed by atoms with Crippen LogP contribution in [-0.2, 0) is 4.79 Å². The van der Waals surface area contributed by atoms with Crippen LogP contribution in [0, 0.1) is 0 Å². The van der Waals surface area contributed by atoms with Gasteiger partial charge >= 0.3 is 12.0 Å². The lowest BCUT2D eigenvalue weighted by Gasteiger charge is -2.35. The maximum absolute atomic E-state index is 11.8. The molecule has 3 N–H and O–H groups in total. The normalized spacial score (nSPS) is 18.1. The number of aliphatic hydroxyl groups is 1. The Labute approximate surface area is 118 Å². The highest BCUT2D eigenvalue weighted by molar-refractivity contribution is 5.76. The fourth-order valence-corrected chi connectivity index (χ4v) is 1.90. The molecule has 0 aromatic rings. The Balaban J connectivity index is 2.23. The summed E-state index contributed by atoms with van der Waals surface area (Å²) in [6.07, 6.45) is -1.56. The van der Waals surface area contributed by atoms with Gasteiger partial charge in [0.05, 0.1) is 6.54 Å². The van der Waals surface area contributed by atoms with Crippen molar-refractivity contribution in [3.63, 3.8) is 0 Å². The smallest absolute Gasteiger partial charge is 0.334 e. The lowest BCUT2D eigenvalue weighted by Crippen LogP contribution is -2.53. The van der Waals surface area contributed by atoms with Crippen molar-refractivity contribution >= 4 is 12.0 Å². The van der Waals surface area contributed by atoms with Crippen molar-refractivity contribution in [3.05, 3.63) is 0 Å². The largest absolute Gasteiger partial charge is 0.479 e. The highest BCUT2D eigenvalue weighted by atomic mass is 16.4. The van der Waals surface area contributed by atoms with Gasteiger partial charge < -0.3 is 25.3 Å². The van der Waals surface area contributed by atoms with Crippen LogP contribution >= 0.6 is 0 Å².